The van der Waals surface area contributed by atoms with Gasteiger partial charge >= 0.3 is 0 Å². The van der Waals surface area contributed by atoms with Gasteiger partial charge in [-0.2, -0.15) is 0 Å². The fraction of sp³-hybridized carbons (Fsp3) is 0.250. The molecule has 2 N–H and O–H groups in total. The van der Waals surface area contributed by atoms with Crippen molar-refractivity contribution in [3.8, 4) is 5.75 Å². The average molecular weight is 319 g/mol. The first kappa shape index (κ1) is 14.7. The molecule has 1 aromatic carbocycles. The molecule has 1 aromatic heterocycles. The third-order valence-electron chi connectivity index (χ3n) is 3.63. The minimum absolute atomic E-state index is 0.0978. The van der Waals surface area contributed by atoms with Crippen LogP contribution in [0.5, 0.6) is 5.75 Å². The lowest BCUT2D eigenvalue weighted by atomic mass is 10.00. The highest BCUT2D eigenvalue weighted by Crippen LogP contribution is 2.37. The van der Waals surface area contributed by atoms with Crippen molar-refractivity contribution >= 4 is 17.5 Å². The van der Waals surface area contributed by atoms with Crippen molar-refractivity contribution in [1.82, 2.24) is 10.3 Å². The Morgan fingerprint density at radius 1 is 1.36 bits per heavy atom. The Balaban J connectivity index is 1.87. The van der Waals surface area contributed by atoms with Crippen molar-refractivity contribution in [2.75, 3.05) is 6.61 Å². The molecule has 0 fully saturated rings. The van der Waals surface area contributed by atoms with E-state index >= 15 is 0 Å². The van der Waals surface area contributed by atoms with Gasteiger partial charge in [-0.1, -0.05) is 23.7 Å². The van der Waals surface area contributed by atoms with Crippen molar-refractivity contribution in [3.63, 3.8) is 0 Å². The molecule has 0 saturated heterocycles. The molecule has 1 amide bonds. The first-order valence-corrected chi connectivity index (χ1v) is 7.36. The molecule has 2 aromatic rings. The Labute approximate surface area is 132 Å². The number of aromatic amines is 1. The van der Waals surface area contributed by atoms with Crippen LogP contribution in [0, 0.1) is 6.92 Å². The molecule has 0 saturated carbocycles. The largest absolute Gasteiger partial charge is 0.492 e. The average Bonchev–Trinajstić information content (AvgIpc) is 2.48. The third-order valence-corrected chi connectivity index (χ3v) is 3.93. The number of aryl methyl sites for hydroxylation is 1. The van der Waals surface area contributed by atoms with Gasteiger partial charge in [0, 0.05) is 17.7 Å². The zero-order valence-electron chi connectivity index (χ0n) is 12.0. The van der Waals surface area contributed by atoms with Crippen LogP contribution in [0.2, 0.25) is 5.02 Å². The summed E-state index contributed by atoms with van der Waals surface area (Å²) in [4.78, 5) is 26.8. The highest BCUT2D eigenvalue weighted by molar-refractivity contribution is 6.32. The van der Waals surface area contributed by atoms with Gasteiger partial charge in [0.25, 0.3) is 11.5 Å². The van der Waals surface area contributed by atoms with Crippen molar-refractivity contribution in [1.29, 1.82) is 0 Å². The van der Waals surface area contributed by atoms with Crippen LogP contribution in [0.4, 0.5) is 0 Å². The number of halogens is 1. The summed E-state index contributed by atoms with van der Waals surface area (Å²) in [7, 11) is 0. The molecule has 1 atom stereocenters. The van der Waals surface area contributed by atoms with Crippen molar-refractivity contribution in [2.45, 2.75) is 19.4 Å². The van der Waals surface area contributed by atoms with E-state index in [0.29, 0.717) is 29.5 Å². The van der Waals surface area contributed by atoms with Crippen LogP contribution < -0.4 is 15.6 Å². The number of pyridine rings is 1. The molecule has 114 valence electrons. The summed E-state index contributed by atoms with van der Waals surface area (Å²) in [5, 5.41) is 3.40. The third kappa shape index (κ3) is 2.72. The second-order valence-electron chi connectivity index (χ2n) is 5.21. The molecule has 0 spiro atoms. The number of hydrogen-bond donors (Lipinski definition) is 2. The second kappa shape index (κ2) is 5.85. The van der Waals surface area contributed by atoms with Crippen LogP contribution in [0.1, 0.15) is 34.1 Å². The van der Waals surface area contributed by atoms with Gasteiger partial charge in [0.15, 0.2) is 0 Å². The van der Waals surface area contributed by atoms with E-state index in [4.69, 9.17) is 16.3 Å². The molecule has 22 heavy (non-hydrogen) atoms. The maximum atomic E-state index is 12.3. The summed E-state index contributed by atoms with van der Waals surface area (Å²) in [5.41, 5.74) is 1.25. The molecule has 0 aliphatic carbocycles. The molecule has 1 aliphatic rings. The summed E-state index contributed by atoms with van der Waals surface area (Å²) in [5.74, 6) is 0.192. The van der Waals surface area contributed by atoms with E-state index in [1.807, 2.05) is 12.1 Å². The number of carbonyl (C=O) groups excluding carboxylic acids is 1. The number of aromatic nitrogens is 1. The normalized spacial score (nSPS) is 16.5. The van der Waals surface area contributed by atoms with Crippen LogP contribution in [0.25, 0.3) is 0 Å². The van der Waals surface area contributed by atoms with Gasteiger partial charge in [-0.05, 0) is 25.1 Å². The minimum atomic E-state index is -0.404. The molecular formula is C16H15ClN2O3. The number of H-pyrrole nitrogens is 1. The van der Waals surface area contributed by atoms with Crippen LogP contribution >= 0.6 is 11.6 Å². The lowest BCUT2D eigenvalue weighted by Gasteiger charge is -2.27. The summed E-state index contributed by atoms with van der Waals surface area (Å²) in [6.45, 7) is 2.23. The highest BCUT2D eigenvalue weighted by Gasteiger charge is 2.25. The first-order valence-electron chi connectivity index (χ1n) is 6.98. The minimum Gasteiger partial charge on any atom is -0.492 e. The van der Waals surface area contributed by atoms with E-state index in [1.54, 1.807) is 19.1 Å². The molecule has 1 unspecified atom stereocenters. The van der Waals surface area contributed by atoms with E-state index < -0.39 is 11.5 Å². The Bertz CT molecular complexity index is 785. The quantitative estimate of drug-likeness (QED) is 0.894. The fourth-order valence-corrected chi connectivity index (χ4v) is 2.76. The summed E-state index contributed by atoms with van der Waals surface area (Å²) < 4.78 is 5.56. The van der Waals surface area contributed by atoms with Gasteiger partial charge in [-0.25, -0.2) is 0 Å². The SMILES string of the molecule is Cc1ccc(C(=O)NC2CCOc3c(Cl)cccc32)c(=O)[nH]1. The van der Waals surface area contributed by atoms with E-state index in [2.05, 4.69) is 10.3 Å². The molecule has 3 rings (SSSR count). The summed E-state index contributed by atoms with van der Waals surface area (Å²) in [6, 6.07) is 8.43. The predicted octanol–water partition coefficient (Wildman–Crippen LogP) is 2.59. The number of ether oxygens (including phenoxy) is 1. The Morgan fingerprint density at radius 3 is 2.95 bits per heavy atom. The second-order valence-corrected chi connectivity index (χ2v) is 5.61. The van der Waals surface area contributed by atoms with Crippen LogP contribution in [-0.2, 0) is 0 Å². The van der Waals surface area contributed by atoms with E-state index in [0.717, 1.165) is 5.56 Å². The number of hydrogen-bond acceptors (Lipinski definition) is 3. The molecule has 0 radical (unpaired) electrons. The zero-order chi connectivity index (χ0) is 15.7. The molecule has 5 nitrogen and oxygen atoms in total. The maximum absolute atomic E-state index is 12.3. The summed E-state index contributed by atoms with van der Waals surface area (Å²) in [6.07, 6.45) is 0.628. The maximum Gasteiger partial charge on any atom is 0.260 e. The van der Waals surface area contributed by atoms with Crippen molar-refractivity contribution in [3.05, 3.63) is 62.5 Å². The topological polar surface area (TPSA) is 71.2 Å². The Kier molecular flexibility index (Phi) is 3.90. The van der Waals surface area contributed by atoms with Gasteiger partial charge in [-0.15, -0.1) is 0 Å². The van der Waals surface area contributed by atoms with Crippen molar-refractivity contribution in [2.24, 2.45) is 0 Å². The number of benzene rings is 1. The van der Waals surface area contributed by atoms with Crippen LogP contribution in [0.15, 0.2) is 35.1 Å². The molecule has 2 heterocycles. The van der Waals surface area contributed by atoms with E-state index in [-0.39, 0.29) is 11.6 Å². The first-order chi connectivity index (χ1) is 10.6. The predicted molar refractivity (Wildman–Crippen MR) is 83.6 cm³/mol. The number of carbonyl (C=O) groups is 1. The van der Waals surface area contributed by atoms with Gasteiger partial charge < -0.3 is 15.0 Å². The zero-order valence-corrected chi connectivity index (χ0v) is 12.7. The van der Waals surface area contributed by atoms with Crippen molar-refractivity contribution < 1.29 is 9.53 Å². The smallest absolute Gasteiger partial charge is 0.260 e. The highest BCUT2D eigenvalue weighted by atomic mass is 35.5. The van der Waals surface area contributed by atoms with Crippen LogP contribution in [0.3, 0.4) is 0 Å². The van der Waals surface area contributed by atoms with E-state index in [9.17, 15) is 9.59 Å². The number of nitrogens with one attached hydrogen (secondary N) is 2. The number of fused-ring (bicyclic) bond motifs is 1. The van der Waals surface area contributed by atoms with Gasteiger partial charge in [0.05, 0.1) is 17.7 Å². The van der Waals surface area contributed by atoms with Gasteiger partial charge in [0.2, 0.25) is 0 Å². The molecule has 6 heteroatoms. The fourth-order valence-electron chi connectivity index (χ4n) is 2.52. The Morgan fingerprint density at radius 2 is 2.18 bits per heavy atom. The standard InChI is InChI=1S/C16H15ClN2O3/c1-9-5-6-11(15(20)18-9)16(21)19-13-7-8-22-14-10(13)3-2-4-12(14)17/h2-6,13H,7-8H2,1H3,(H,18,20)(H,19,21). The summed E-state index contributed by atoms with van der Waals surface area (Å²) >= 11 is 6.11. The number of amides is 1. The monoisotopic (exact) mass is 318 g/mol. The molecular weight excluding hydrogens is 304 g/mol. The van der Waals surface area contributed by atoms with Crippen LogP contribution in [-0.4, -0.2) is 17.5 Å². The number of para-hydroxylation sites is 1. The lowest BCUT2D eigenvalue weighted by Crippen LogP contribution is -2.35. The molecule has 0 bridgehead atoms. The van der Waals surface area contributed by atoms with Gasteiger partial charge in [0.1, 0.15) is 11.3 Å². The lowest BCUT2D eigenvalue weighted by molar-refractivity contribution is 0.0923. The molecule has 1 aliphatic heterocycles. The Hall–Kier alpha value is -2.27. The van der Waals surface area contributed by atoms with Gasteiger partial charge in [-0.3, -0.25) is 9.59 Å². The number of rotatable bonds is 2. The van der Waals surface area contributed by atoms with E-state index in [1.165, 1.54) is 6.07 Å².